The molecule has 6 nitrogen and oxygen atoms in total. The summed E-state index contributed by atoms with van der Waals surface area (Å²) in [5.74, 6) is 0. The number of likely N-dealkylation sites (tertiary alicyclic amines) is 1. The fraction of sp³-hybridized carbons (Fsp3) is 0.636. The number of nitrogens with zero attached hydrogens (tertiary/aromatic N) is 3. The molecule has 1 aromatic heterocycles. The molecule has 17 heavy (non-hydrogen) atoms. The summed E-state index contributed by atoms with van der Waals surface area (Å²) in [6.45, 7) is 3.44. The van der Waals surface area contributed by atoms with Crippen molar-refractivity contribution < 1.29 is 4.79 Å². The van der Waals surface area contributed by atoms with E-state index in [4.69, 9.17) is 5.73 Å². The molecule has 1 fully saturated rings. The standard InChI is InChI=1S/C11H19N5O/c1-8-10(7-15(2)14-8)13-9-3-5-16(6-4-9)11(12)17/h7,9,13H,3-6H2,1-2H3,(H2,12,17). The number of nitrogens with two attached hydrogens (primary N) is 1. The molecule has 2 heterocycles. The first kappa shape index (κ1) is 11.8. The van der Waals surface area contributed by atoms with Crippen LogP contribution < -0.4 is 11.1 Å². The second-order valence-electron chi connectivity index (χ2n) is 4.55. The Morgan fingerprint density at radius 2 is 2.18 bits per heavy atom. The minimum atomic E-state index is -0.319. The number of carbonyl (C=O) groups is 1. The van der Waals surface area contributed by atoms with E-state index in [1.165, 1.54) is 0 Å². The van der Waals surface area contributed by atoms with Crippen LogP contribution >= 0.6 is 0 Å². The van der Waals surface area contributed by atoms with Gasteiger partial charge in [0.1, 0.15) is 0 Å². The molecule has 0 radical (unpaired) electrons. The highest BCUT2D eigenvalue weighted by atomic mass is 16.2. The van der Waals surface area contributed by atoms with Crippen molar-refractivity contribution in [1.29, 1.82) is 0 Å². The van der Waals surface area contributed by atoms with Crippen LogP contribution in [0.4, 0.5) is 10.5 Å². The van der Waals surface area contributed by atoms with Crippen molar-refractivity contribution in [1.82, 2.24) is 14.7 Å². The van der Waals surface area contributed by atoms with E-state index < -0.39 is 0 Å². The second-order valence-corrected chi connectivity index (χ2v) is 4.55. The van der Waals surface area contributed by atoms with Crippen LogP contribution in [-0.4, -0.2) is 39.8 Å². The minimum absolute atomic E-state index is 0.319. The summed E-state index contributed by atoms with van der Waals surface area (Å²) < 4.78 is 1.80. The molecule has 1 saturated heterocycles. The zero-order chi connectivity index (χ0) is 12.4. The third-order valence-electron chi connectivity index (χ3n) is 3.18. The van der Waals surface area contributed by atoms with E-state index in [9.17, 15) is 4.79 Å². The van der Waals surface area contributed by atoms with Gasteiger partial charge in [-0.05, 0) is 19.8 Å². The van der Waals surface area contributed by atoms with Gasteiger partial charge >= 0.3 is 6.03 Å². The highest BCUT2D eigenvalue weighted by Crippen LogP contribution is 2.18. The summed E-state index contributed by atoms with van der Waals surface area (Å²) in [6.07, 6.45) is 3.84. The predicted molar refractivity (Wildman–Crippen MR) is 65.7 cm³/mol. The maximum Gasteiger partial charge on any atom is 0.314 e. The van der Waals surface area contributed by atoms with Crippen LogP contribution in [0.25, 0.3) is 0 Å². The third-order valence-corrected chi connectivity index (χ3v) is 3.18. The summed E-state index contributed by atoms with van der Waals surface area (Å²) in [5, 5.41) is 7.76. The van der Waals surface area contributed by atoms with E-state index in [0.29, 0.717) is 6.04 Å². The van der Waals surface area contributed by atoms with E-state index in [2.05, 4.69) is 10.4 Å². The largest absolute Gasteiger partial charge is 0.379 e. The number of piperidine rings is 1. The van der Waals surface area contributed by atoms with Crippen molar-refractivity contribution >= 4 is 11.7 Å². The molecule has 3 N–H and O–H groups in total. The topological polar surface area (TPSA) is 76.2 Å². The number of amides is 2. The first-order chi connectivity index (χ1) is 8.06. The molecule has 0 aromatic carbocycles. The first-order valence-corrected chi connectivity index (χ1v) is 5.87. The van der Waals surface area contributed by atoms with Gasteiger partial charge in [-0.1, -0.05) is 0 Å². The smallest absolute Gasteiger partial charge is 0.314 e. The number of primary amides is 1. The van der Waals surface area contributed by atoms with Crippen molar-refractivity contribution in [3.05, 3.63) is 11.9 Å². The predicted octanol–water partition coefficient (Wildman–Crippen LogP) is 0.684. The number of aromatic nitrogens is 2. The van der Waals surface area contributed by atoms with Gasteiger partial charge in [-0.3, -0.25) is 4.68 Å². The molecule has 94 valence electrons. The zero-order valence-corrected chi connectivity index (χ0v) is 10.3. The molecule has 6 heteroatoms. The van der Waals surface area contributed by atoms with Gasteiger partial charge in [-0.25, -0.2) is 4.79 Å². The molecule has 1 aliphatic heterocycles. The van der Waals surface area contributed by atoms with Crippen LogP contribution in [0.1, 0.15) is 18.5 Å². The van der Waals surface area contributed by atoms with Crippen LogP contribution in [0, 0.1) is 6.92 Å². The summed E-state index contributed by atoms with van der Waals surface area (Å²) >= 11 is 0. The molecular formula is C11H19N5O. The lowest BCUT2D eigenvalue weighted by Gasteiger charge is -2.31. The number of hydrogen-bond acceptors (Lipinski definition) is 3. The lowest BCUT2D eigenvalue weighted by atomic mass is 10.1. The number of nitrogens with one attached hydrogen (secondary N) is 1. The van der Waals surface area contributed by atoms with E-state index >= 15 is 0 Å². The zero-order valence-electron chi connectivity index (χ0n) is 10.3. The van der Waals surface area contributed by atoms with Crippen molar-refractivity contribution in [3.63, 3.8) is 0 Å². The Balaban J connectivity index is 1.90. The third kappa shape index (κ3) is 2.69. The molecule has 0 unspecified atom stereocenters. The van der Waals surface area contributed by atoms with Gasteiger partial charge in [0.2, 0.25) is 0 Å². The van der Waals surface area contributed by atoms with Crippen LogP contribution in [0.5, 0.6) is 0 Å². The monoisotopic (exact) mass is 237 g/mol. The maximum absolute atomic E-state index is 11.0. The maximum atomic E-state index is 11.0. The summed E-state index contributed by atoms with van der Waals surface area (Å²) in [6, 6.07) is 0.0782. The van der Waals surface area contributed by atoms with Crippen LogP contribution in [0.3, 0.4) is 0 Å². The Bertz CT molecular complexity index is 406. The highest BCUT2D eigenvalue weighted by Gasteiger charge is 2.21. The van der Waals surface area contributed by atoms with Crippen LogP contribution in [-0.2, 0) is 7.05 Å². The van der Waals surface area contributed by atoms with Gasteiger partial charge in [0, 0.05) is 32.4 Å². The van der Waals surface area contributed by atoms with Gasteiger partial charge in [0.15, 0.2) is 0 Å². The first-order valence-electron chi connectivity index (χ1n) is 5.87. The fourth-order valence-corrected chi connectivity index (χ4v) is 2.21. The number of carbonyl (C=O) groups excluding carboxylic acids is 1. The average Bonchev–Trinajstić information content (AvgIpc) is 2.58. The van der Waals surface area contributed by atoms with Gasteiger partial charge in [0.25, 0.3) is 0 Å². The molecule has 0 bridgehead atoms. The van der Waals surface area contributed by atoms with Crippen LogP contribution in [0.15, 0.2) is 6.20 Å². The summed E-state index contributed by atoms with van der Waals surface area (Å²) in [4.78, 5) is 12.7. The number of aryl methyl sites for hydroxylation is 2. The normalized spacial score (nSPS) is 17.2. The molecule has 0 aliphatic carbocycles. The van der Waals surface area contributed by atoms with Crippen molar-refractivity contribution in [2.24, 2.45) is 12.8 Å². The van der Waals surface area contributed by atoms with Crippen molar-refractivity contribution in [2.75, 3.05) is 18.4 Å². The lowest BCUT2D eigenvalue weighted by Crippen LogP contribution is -2.44. The Labute approximate surface area is 101 Å². The molecule has 2 rings (SSSR count). The van der Waals surface area contributed by atoms with E-state index in [0.717, 1.165) is 37.3 Å². The molecule has 0 spiro atoms. The number of anilines is 1. The summed E-state index contributed by atoms with van der Waals surface area (Å²) in [5.41, 5.74) is 7.32. The summed E-state index contributed by atoms with van der Waals surface area (Å²) in [7, 11) is 1.91. The van der Waals surface area contributed by atoms with Crippen molar-refractivity contribution in [2.45, 2.75) is 25.8 Å². The van der Waals surface area contributed by atoms with Gasteiger partial charge in [0.05, 0.1) is 11.4 Å². The Hall–Kier alpha value is -1.72. The Morgan fingerprint density at radius 3 is 2.65 bits per heavy atom. The quantitative estimate of drug-likeness (QED) is 0.794. The molecule has 0 saturated carbocycles. The number of rotatable bonds is 2. The molecule has 2 amide bonds. The number of hydrogen-bond donors (Lipinski definition) is 2. The van der Waals surface area contributed by atoms with Gasteiger partial charge in [-0.2, -0.15) is 5.10 Å². The van der Waals surface area contributed by atoms with E-state index in [1.807, 2.05) is 20.2 Å². The Morgan fingerprint density at radius 1 is 1.53 bits per heavy atom. The van der Waals surface area contributed by atoms with Crippen LogP contribution in [0.2, 0.25) is 0 Å². The second kappa shape index (κ2) is 4.65. The lowest BCUT2D eigenvalue weighted by molar-refractivity contribution is 0.193. The van der Waals surface area contributed by atoms with Gasteiger partial charge < -0.3 is 16.0 Å². The average molecular weight is 237 g/mol. The fourth-order valence-electron chi connectivity index (χ4n) is 2.21. The molecule has 1 aromatic rings. The van der Waals surface area contributed by atoms with E-state index in [-0.39, 0.29) is 6.03 Å². The molecule has 1 aliphatic rings. The SMILES string of the molecule is Cc1nn(C)cc1NC1CCN(C(N)=O)CC1. The Kier molecular flexibility index (Phi) is 3.21. The highest BCUT2D eigenvalue weighted by molar-refractivity contribution is 5.72. The van der Waals surface area contributed by atoms with Gasteiger partial charge in [-0.15, -0.1) is 0 Å². The van der Waals surface area contributed by atoms with Crippen molar-refractivity contribution in [3.8, 4) is 0 Å². The molecular weight excluding hydrogens is 218 g/mol. The number of urea groups is 1. The van der Waals surface area contributed by atoms with E-state index in [1.54, 1.807) is 9.58 Å². The minimum Gasteiger partial charge on any atom is -0.379 e. The molecule has 0 atom stereocenters.